The van der Waals surface area contributed by atoms with Crippen LogP contribution in [-0.2, 0) is 27.9 Å². The molecule has 160 valence electrons. The number of carbonyl (C=O) groups is 1. The van der Waals surface area contributed by atoms with E-state index in [0.29, 0.717) is 31.6 Å². The molecule has 0 bridgehead atoms. The van der Waals surface area contributed by atoms with Gasteiger partial charge in [-0.1, -0.05) is 0 Å². The van der Waals surface area contributed by atoms with Crippen molar-refractivity contribution < 1.29 is 13.2 Å². The molecule has 3 rings (SSSR count). The van der Waals surface area contributed by atoms with Gasteiger partial charge in [0.15, 0.2) is 0 Å². The van der Waals surface area contributed by atoms with E-state index in [1.54, 1.807) is 24.0 Å². The van der Waals surface area contributed by atoms with E-state index in [0.717, 1.165) is 12.2 Å². The SMILES string of the molecule is CCn1cc(S(=O)(=O)N2CCCC(C(=O)NC(C)c3ccnn3CC)C2)c(C)n1. The molecule has 1 fully saturated rings. The van der Waals surface area contributed by atoms with Crippen LogP contribution in [0.15, 0.2) is 23.4 Å². The van der Waals surface area contributed by atoms with E-state index in [9.17, 15) is 13.2 Å². The average molecular weight is 423 g/mol. The lowest BCUT2D eigenvalue weighted by atomic mass is 9.98. The molecule has 1 aliphatic heterocycles. The highest BCUT2D eigenvalue weighted by Crippen LogP contribution is 2.26. The molecule has 2 unspecified atom stereocenters. The van der Waals surface area contributed by atoms with Crippen molar-refractivity contribution >= 4 is 15.9 Å². The zero-order valence-electron chi connectivity index (χ0n) is 17.5. The van der Waals surface area contributed by atoms with Crippen LogP contribution in [0.4, 0.5) is 0 Å². The number of hydrogen-bond acceptors (Lipinski definition) is 5. The van der Waals surface area contributed by atoms with Crippen LogP contribution in [0.5, 0.6) is 0 Å². The van der Waals surface area contributed by atoms with Gasteiger partial charge in [0.25, 0.3) is 0 Å². The summed E-state index contributed by atoms with van der Waals surface area (Å²) in [6, 6.07) is 1.70. The first kappa shape index (κ1) is 21.5. The van der Waals surface area contributed by atoms with Crippen LogP contribution in [-0.4, -0.2) is 51.3 Å². The van der Waals surface area contributed by atoms with Crippen LogP contribution in [0.2, 0.25) is 0 Å². The molecule has 1 N–H and O–H groups in total. The second-order valence-corrected chi connectivity index (χ2v) is 9.35. The fraction of sp³-hybridized carbons (Fsp3) is 0.632. The Labute approximate surface area is 172 Å². The highest BCUT2D eigenvalue weighted by Gasteiger charge is 2.35. The molecule has 2 aromatic rings. The van der Waals surface area contributed by atoms with Gasteiger partial charge < -0.3 is 5.32 Å². The Bertz CT molecular complexity index is 965. The summed E-state index contributed by atoms with van der Waals surface area (Å²) in [7, 11) is -3.67. The third kappa shape index (κ3) is 4.37. The molecule has 2 aromatic heterocycles. The first-order valence-electron chi connectivity index (χ1n) is 10.1. The topological polar surface area (TPSA) is 102 Å². The number of nitrogens with zero attached hydrogens (tertiary/aromatic N) is 5. The van der Waals surface area contributed by atoms with Crippen molar-refractivity contribution in [3.05, 3.63) is 29.8 Å². The number of sulfonamides is 1. The zero-order chi connectivity index (χ0) is 21.2. The molecule has 0 radical (unpaired) electrons. The van der Waals surface area contributed by atoms with E-state index in [2.05, 4.69) is 15.5 Å². The number of carbonyl (C=O) groups excluding carboxylic acids is 1. The van der Waals surface area contributed by atoms with Crippen LogP contribution in [0.25, 0.3) is 0 Å². The van der Waals surface area contributed by atoms with Crippen molar-refractivity contribution in [3.8, 4) is 0 Å². The summed E-state index contributed by atoms with van der Waals surface area (Å²) in [5, 5.41) is 11.5. The van der Waals surface area contributed by atoms with E-state index >= 15 is 0 Å². The standard InChI is InChI=1S/C19H30N6O3S/c1-5-23-13-18(15(4)22-23)29(27,28)24-11-7-8-16(12-24)19(26)21-14(3)17-9-10-20-25(17)6-2/h9-10,13-14,16H,5-8,11-12H2,1-4H3,(H,21,26). The van der Waals surface area contributed by atoms with Crippen molar-refractivity contribution in [1.82, 2.24) is 29.2 Å². The second kappa shape index (κ2) is 8.66. The lowest BCUT2D eigenvalue weighted by Crippen LogP contribution is -2.46. The van der Waals surface area contributed by atoms with E-state index < -0.39 is 10.0 Å². The summed E-state index contributed by atoms with van der Waals surface area (Å²) in [4.78, 5) is 13.1. The molecule has 3 heterocycles. The lowest BCUT2D eigenvalue weighted by Gasteiger charge is -2.31. The van der Waals surface area contributed by atoms with Crippen LogP contribution in [0.3, 0.4) is 0 Å². The number of rotatable bonds is 7. The minimum atomic E-state index is -3.67. The van der Waals surface area contributed by atoms with Crippen molar-refractivity contribution in [2.75, 3.05) is 13.1 Å². The Kier molecular flexibility index (Phi) is 6.42. The molecule has 9 nitrogen and oxygen atoms in total. The third-order valence-corrected chi connectivity index (χ3v) is 7.42. The van der Waals surface area contributed by atoms with Crippen LogP contribution in [0, 0.1) is 12.8 Å². The summed E-state index contributed by atoms with van der Waals surface area (Å²) >= 11 is 0. The fourth-order valence-corrected chi connectivity index (χ4v) is 5.50. The van der Waals surface area contributed by atoms with E-state index in [-0.39, 0.29) is 29.3 Å². The summed E-state index contributed by atoms with van der Waals surface area (Å²) in [5.74, 6) is -0.497. The van der Waals surface area contributed by atoms with Crippen molar-refractivity contribution in [2.45, 2.75) is 64.6 Å². The molecule has 2 atom stereocenters. The normalized spacial score (nSPS) is 19.2. The summed E-state index contributed by atoms with van der Waals surface area (Å²) in [5.41, 5.74) is 1.42. The van der Waals surface area contributed by atoms with Crippen LogP contribution < -0.4 is 5.32 Å². The highest BCUT2D eigenvalue weighted by atomic mass is 32.2. The molecule has 0 aliphatic carbocycles. The van der Waals surface area contributed by atoms with E-state index in [1.807, 2.05) is 31.5 Å². The molecule has 1 amide bonds. The second-order valence-electron chi connectivity index (χ2n) is 7.44. The van der Waals surface area contributed by atoms with Crippen LogP contribution >= 0.6 is 0 Å². The van der Waals surface area contributed by atoms with Crippen molar-refractivity contribution in [3.63, 3.8) is 0 Å². The smallest absolute Gasteiger partial charge is 0.246 e. The summed E-state index contributed by atoms with van der Waals surface area (Å²) in [6.45, 7) is 9.46. The van der Waals surface area contributed by atoms with Gasteiger partial charge in [-0.05, 0) is 46.6 Å². The molecule has 29 heavy (non-hydrogen) atoms. The molecule has 10 heteroatoms. The maximum Gasteiger partial charge on any atom is 0.246 e. The molecule has 1 aliphatic rings. The Morgan fingerprint density at radius 1 is 1.34 bits per heavy atom. The van der Waals surface area contributed by atoms with Gasteiger partial charge in [-0.15, -0.1) is 0 Å². The minimum Gasteiger partial charge on any atom is -0.348 e. The third-order valence-electron chi connectivity index (χ3n) is 5.45. The first-order valence-corrected chi connectivity index (χ1v) is 11.6. The Hall–Kier alpha value is -2.20. The quantitative estimate of drug-likeness (QED) is 0.732. The van der Waals surface area contributed by atoms with E-state index in [4.69, 9.17) is 0 Å². The van der Waals surface area contributed by atoms with Gasteiger partial charge >= 0.3 is 0 Å². The summed E-state index contributed by atoms with van der Waals surface area (Å²) in [6.07, 6.45) is 4.61. The number of nitrogens with one attached hydrogen (secondary N) is 1. The minimum absolute atomic E-state index is 0.123. The molecular formula is C19H30N6O3S. The first-order chi connectivity index (χ1) is 13.8. The number of aromatic nitrogens is 4. The molecular weight excluding hydrogens is 392 g/mol. The van der Waals surface area contributed by atoms with Gasteiger partial charge in [0.2, 0.25) is 15.9 Å². The van der Waals surface area contributed by atoms with Crippen molar-refractivity contribution in [1.29, 1.82) is 0 Å². The maximum atomic E-state index is 13.1. The maximum absolute atomic E-state index is 13.1. The van der Waals surface area contributed by atoms with Gasteiger partial charge in [0.05, 0.1) is 23.3 Å². The zero-order valence-corrected chi connectivity index (χ0v) is 18.3. The lowest BCUT2D eigenvalue weighted by molar-refractivity contribution is -0.126. The fourth-order valence-electron chi connectivity index (χ4n) is 3.81. The Morgan fingerprint density at radius 2 is 2.10 bits per heavy atom. The van der Waals surface area contributed by atoms with Gasteiger partial charge in [-0.2, -0.15) is 14.5 Å². The monoisotopic (exact) mass is 422 g/mol. The number of amides is 1. The van der Waals surface area contributed by atoms with Crippen LogP contribution in [0.1, 0.15) is 51.0 Å². The molecule has 0 aromatic carbocycles. The van der Waals surface area contributed by atoms with Crippen molar-refractivity contribution in [2.24, 2.45) is 5.92 Å². The number of piperidine rings is 1. The summed E-state index contributed by atoms with van der Waals surface area (Å²) < 4.78 is 31.1. The van der Waals surface area contributed by atoms with E-state index in [1.165, 1.54) is 4.31 Å². The molecule has 0 spiro atoms. The predicted octanol–water partition coefficient (Wildman–Crippen LogP) is 1.71. The highest BCUT2D eigenvalue weighted by molar-refractivity contribution is 7.89. The predicted molar refractivity (Wildman–Crippen MR) is 109 cm³/mol. The van der Waals surface area contributed by atoms with Gasteiger partial charge in [0, 0.05) is 38.6 Å². The Morgan fingerprint density at radius 3 is 2.76 bits per heavy atom. The molecule has 1 saturated heterocycles. The van der Waals surface area contributed by atoms with Gasteiger partial charge in [-0.3, -0.25) is 14.2 Å². The number of aryl methyl sites for hydroxylation is 3. The average Bonchev–Trinajstić information content (AvgIpc) is 3.34. The Balaban J connectivity index is 1.71. The molecule has 0 saturated carbocycles. The van der Waals surface area contributed by atoms with Gasteiger partial charge in [0.1, 0.15) is 4.90 Å². The largest absolute Gasteiger partial charge is 0.348 e. The van der Waals surface area contributed by atoms with Gasteiger partial charge in [-0.25, -0.2) is 8.42 Å². The number of hydrogen-bond donors (Lipinski definition) is 1.